The fraction of sp³-hybridized carbons (Fsp3) is 0.542. The van der Waals surface area contributed by atoms with Gasteiger partial charge in [0.2, 0.25) is 5.91 Å². The summed E-state index contributed by atoms with van der Waals surface area (Å²) < 4.78 is 46.7. The zero-order chi connectivity index (χ0) is 24.4. The standard InChI is InChI=1S/C24H28Cl2F3NO2S/c1-23(2,3)33-14-19(12-24(27,28)29)30-20(31)13-32-22(16-5-4-6-18(26)11-16)21(30)15-7-9-17(25)10-8-15/h4-7,9-11,15,19,21-22H,8,12-14H2,1-3H3. The minimum Gasteiger partial charge on any atom is -0.362 e. The van der Waals surface area contributed by atoms with E-state index < -0.39 is 36.7 Å². The molecule has 182 valence electrons. The summed E-state index contributed by atoms with van der Waals surface area (Å²) in [5, 5.41) is 1.06. The number of halogens is 5. The molecule has 1 aromatic rings. The van der Waals surface area contributed by atoms with Crippen molar-refractivity contribution in [2.45, 2.75) is 62.7 Å². The Balaban J connectivity index is 2.04. The minimum atomic E-state index is -4.41. The molecule has 3 nitrogen and oxygen atoms in total. The Kier molecular flexibility index (Phi) is 8.52. The van der Waals surface area contributed by atoms with Crippen LogP contribution < -0.4 is 0 Å². The number of alkyl halides is 3. The number of amides is 1. The molecular weight excluding hydrogens is 494 g/mol. The van der Waals surface area contributed by atoms with Crippen molar-refractivity contribution in [1.29, 1.82) is 0 Å². The number of carbonyl (C=O) groups excluding carboxylic acids is 1. The van der Waals surface area contributed by atoms with Crippen LogP contribution in [0, 0.1) is 5.92 Å². The summed E-state index contributed by atoms with van der Waals surface area (Å²) in [7, 11) is 0. The Labute approximate surface area is 207 Å². The second-order valence-corrected chi connectivity index (χ2v) is 12.0. The molecule has 1 heterocycles. The van der Waals surface area contributed by atoms with Crippen LogP contribution in [0.3, 0.4) is 0 Å². The number of hydrogen-bond acceptors (Lipinski definition) is 3. The molecule has 0 radical (unpaired) electrons. The molecule has 0 N–H and O–H groups in total. The van der Waals surface area contributed by atoms with Crippen molar-refractivity contribution in [2.75, 3.05) is 12.4 Å². The molecule has 4 unspecified atom stereocenters. The molecule has 4 atom stereocenters. The van der Waals surface area contributed by atoms with Crippen LogP contribution in [-0.4, -0.2) is 46.2 Å². The van der Waals surface area contributed by atoms with Gasteiger partial charge >= 0.3 is 6.18 Å². The fourth-order valence-electron chi connectivity index (χ4n) is 4.22. The lowest BCUT2D eigenvalue weighted by Crippen LogP contribution is -2.59. The number of ether oxygens (including phenoxy) is 1. The number of morpholine rings is 1. The van der Waals surface area contributed by atoms with Gasteiger partial charge < -0.3 is 9.64 Å². The Hall–Kier alpha value is -1.15. The zero-order valence-corrected chi connectivity index (χ0v) is 21.1. The Morgan fingerprint density at radius 1 is 1.24 bits per heavy atom. The van der Waals surface area contributed by atoms with E-state index in [-0.39, 0.29) is 23.0 Å². The van der Waals surface area contributed by atoms with Crippen LogP contribution in [0.15, 0.2) is 47.5 Å². The SMILES string of the molecule is CC(C)(C)SCC(CC(F)(F)F)N1C(=O)COC(c2cccc(Cl)c2)C1C1C=CC(Cl)=CC1. The molecule has 1 amide bonds. The van der Waals surface area contributed by atoms with Crippen LogP contribution in [0.2, 0.25) is 5.02 Å². The smallest absolute Gasteiger partial charge is 0.362 e. The Morgan fingerprint density at radius 3 is 2.55 bits per heavy atom. The first-order valence-electron chi connectivity index (χ1n) is 10.8. The van der Waals surface area contributed by atoms with Crippen molar-refractivity contribution in [2.24, 2.45) is 5.92 Å². The summed E-state index contributed by atoms with van der Waals surface area (Å²) in [6.45, 7) is 5.57. The van der Waals surface area contributed by atoms with Crippen LogP contribution in [-0.2, 0) is 9.53 Å². The van der Waals surface area contributed by atoms with Crippen molar-refractivity contribution in [3.63, 3.8) is 0 Å². The zero-order valence-electron chi connectivity index (χ0n) is 18.7. The average molecular weight is 522 g/mol. The number of rotatable bonds is 6. The molecule has 1 aliphatic heterocycles. The van der Waals surface area contributed by atoms with Gasteiger partial charge in [-0.25, -0.2) is 0 Å². The molecule has 0 bridgehead atoms. The van der Waals surface area contributed by atoms with Crippen molar-refractivity contribution >= 4 is 40.9 Å². The van der Waals surface area contributed by atoms with Crippen LogP contribution >= 0.6 is 35.0 Å². The molecule has 9 heteroatoms. The highest BCUT2D eigenvalue weighted by molar-refractivity contribution is 8.00. The van der Waals surface area contributed by atoms with Crippen LogP contribution in [0.4, 0.5) is 13.2 Å². The van der Waals surface area contributed by atoms with Crippen LogP contribution in [0.25, 0.3) is 0 Å². The van der Waals surface area contributed by atoms with E-state index in [0.29, 0.717) is 16.5 Å². The average Bonchev–Trinajstić information content (AvgIpc) is 2.70. The van der Waals surface area contributed by atoms with E-state index in [0.717, 1.165) is 5.56 Å². The highest BCUT2D eigenvalue weighted by Crippen LogP contribution is 2.41. The lowest BCUT2D eigenvalue weighted by molar-refractivity contribution is -0.178. The summed E-state index contributed by atoms with van der Waals surface area (Å²) in [6.07, 6.45) is -0.198. The first-order valence-corrected chi connectivity index (χ1v) is 12.5. The van der Waals surface area contributed by atoms with E-state index in [1.807, 2.05) is 39.0 Å². The second kappa shape index (κ2) is 10.6. The predicted molar refractivity (Wildman–Crippen MR) is 129 cm³/mol. The van der Waals surface area contributed by atoms with E-state index in [9.17, 15) is 18.0 Å². The molecule has 1 fully saturated rings. The molecule has 1 aromatic carbocycles. The monoisotopic (exact) mass is 521 g/mol. The number of nitrogens with zero attached hydrogens (tertiary/aromatic N) is 1. The van der Waals surface area contributed by atoms with Gasteiger partial charge in [-0.05, 0) is 30.2 Å². The molecule has 33 heavy (non-hydrogen) atoms. The third kappa shape index (κ3) is 7.41. The van der Waals surface area contributed by atoms with Crippen molar-refractivity contribution in [1.82, 2.24) is 4.90 Å². The number of thioether (sulfide) groups is 1. The maximum Gasteiger partial charge on any atom is 0.391 e. The third-order valence-electron chi connectivity index (χ3n) is 5.58. The van der Waals surface area contributed by atoms with Gasteiger partial charge in [0.05, 0.1) is 12.5 Å². The third-order valence-corrected chi connectivity index (χ3v) is 7.51. The Morgan fingerprint density at radius 2 is 1.97 bits per heavy atom. The lowest BCUT2D eigenvalue weighted by Gasteiger charge is -2.48. The second-order valence-electron chi connectivity index (χ2n) is 9.32. The molecule has 0 saturated carbocycles. The normalized spacial score (nSPS) is 25.2. The minimum absolute atomic E-state index is 0.167. The van der Waals surface area contributed by atoms with Crippen molar-refractivity contribution in [3.05, 3.63) is 58.1 Å². The van der Waals surface area contributed by atoms with E-state index in [2.05, 4.69) is 0 Å². The summed E-state index contributed by atoms with van der Waals surface area (Å²) in [5.41, 5.74) is 0.730. The van der Waals surface area contributed by atoms with Gasteiger partial charge in [0.15, 0.2) is 0 Å². The first-order chi connectivity index (χ1) is 15.3. The quantitative estimate of drug-likeness (QED) is 0.397. The van der Waals surface area contributed by atoms with E-state index in [4.69, 9.17) is 27.9 Å². The van der Waals surface area contributed by atoms with Gasteiger partial charge in [0.25, 0.3) is 0 Å². The summed E-state index contributed by atoms with van der Waals surface area (Å²) in [5.74, 6) is -0.521. The van der Waals surface area contributed by atoms with Crippen LogP contribution in [0.5, 0.6) is 0 Å². The number of carbonyl (C=O) groups is 1. The highest BCUT2D eigenvalue weighted by atomic mass is 35.5. The maximum atomic E-state index is 13.7. The largest absolute Gasteiger partial charge is 0.391 e. The molecule has 3 rings (SSSR count). The predicted octanol–water partition coefficient (Wildman–Crippen LogP) is 7.16. The lowest BCUT2D eigenvalue weighted by atomic mass is 9.83. The summed E-state index contributed by atoms with van der Waals surface area (Å²) in [6, 6.07) is 5.42. The number of allylic oxidation sites excluding steroid dienone is 3. The van der Waals surface area contributed by atoms with Crippen molar-refractivity contribution < 1.29 is 22.7 Å². The van der Waals surface area contributed by atoms with Crippen LogP contribution in [0.1, 0.15) is 45.3 Å². The van der Waals surface area contributed by atoms with Gasteiger partial charge in [0, 0.05) is 32.5 Å². The van der Waals surface area contributed by atoms with E-state index in [1.165, 1.54) is 16.7 Å². The summed E-state index contributed by atoms with van der Waals surface area (Å²) >= 11 is 13.7. The first kappa shape index (κ1) is 26.5. The van der Waals surface area contributed by atoms with E-state index in [1.54, 1.807) is 24.3 Å². The van der Waals surface area contributed by atoms with E-state index >= 15 is 0 Å². The topological polar surface area (TPSA) is 29.5 Å². The molecular formula is C24H28Cl2F3NO2S. The fourth-order valence-corrected chi connectivity index (χ4v) is 5.55. The summed E-state index contributed by atoms with van der Waals surface area (Å²) in [4.78, 5) is 14.6. The maximum absolute atomic E-state index is 13.7. The van der Waals surface area contributed by atoms with Gasteiger partial charge in [-0.1, -0.05) is 68.3 Å². The molecule has 1 aliphatic carbocycles. The Bertz CT molecular complexity index is 914. The number of hydrogen-bond donors (Lipinski definition) is 0. The molecule has 1 saturated heterocycles. The highest BCUT2D eigenvalue weighted by Gasteiger charge is 2.47. The van der Waals surface area contributed by atoms with Gasteiger partial charge in [-0.3, -0.25) is 4.79 Å². The molecule has 0 spiro atoms. The molecule has 0 aromatic heterocycles. The van der Waals surface area contributed by atoms with Gasteiger partial charge in [-0.2, -0.15) is 24.9 Å². The molecule has 2 aliphatic rings. The van der Waals surface area contributed by atoms with Crippen molar-refractivity contribution in [3.8, 4) is 0 Å². The van der Waals surface area contributed by atoms with Gasteiger partial charge in [0.1, 0.15) is 12.7 Å². The van der Waals surface area contributed by atoms with Gasteiger partial charge in [-0.15, -0.1) is 0 Å². The number of benzene rings is 1.